The minimum absolute atomic E-state index is 0.469. The maximum atomic E-state index is 7.60. The Bertz CT molecular complexity index is 6630. The van der Waals surface area contributed by atoms with Crippen LogP contribution in [0.15, 0.2) is 332 Å². The molecule has 6 aromatic heterocycles. The van der Waals surface area contributed by atoms with E-state index in [-0.39, 0.29) is 0 Å². The van der Waals surface area contributed by atoms with Crippen molar-refractivity contribution in [1.29, 1.82) is 0 Å². The minimum Gasteiger partial charge on any atom is -0.436 e. The smallest absolute Gasteiger partial charge is 0.230 e. The van der Waals surface area contributed by atoms with Crippen LogP contribution in [0.1, 0.15) is 11.4 Å². The van der Waals surface area contributed by atoms with Crippen LogP contribution in [0.25, 0.3) is 188 Å². The molecule has 0 fully saturated rings. The topological polar surface area (TPSA) is 58.6 Å². The van der Waals surface area contributed by atoms with Crippen molar-refractivity contribution in [2.24, 2.45) is 0 Å². The number of hydrogen-bond donors (Lipinski definition) is 0. The van der Waals surface area contributed by atoms with Gasteiger partial charge in [-0.25, -0.2) is 4.98 Å². The second kappa shape index (κ2) is 22.2. The number of nitrogens with zero attached hydrogens (tertiary/aromatic N) is 6. The van der Waals surface area contributed by atoms with Crippen LogP contribution in [0, 0.1) is 13.8 Å². The van der Waals surface area contributed by atoms with Crippen LogP contribution in [0.4, 0.5) is 0 Å². The number of pyridine rings is 1. The number of oxazole rings is 1. The Morgan fingerprint density at radius 1 is 0.242 bits per heavy atom. The molecule has 7 nitrogen and oxygen atoms in total. The quantitative estimate of drug-likeness (QED) is 0.137. The molecule has 0 unspecified atom stereocenters. The molecule has 0 amide bonds. The first-order valence-electron chi connectivity index (χ1n) is 33.9. The Kier molecular flexibility index (Phi) is 12.6. The average Bonchev–Trinajstić information content (AvgIpc) is 1.61. The molecule has 0 bridgehead atoms. The van der Waals surface area contributed by atoms with Crippen LogP contribution < -0.4 is 0 Å². The van der Waals surface area contributed by atoms with Crippen molar-refractivity contribution in [2.45, 2.75) is 13.8 Å². The lowest BCUT2D eigenvalue weighted by molar-refractivity contribution is 0.619. The van der Waals surface area contributed by atoms with Crippen molar-refractivity contribution >= 4 is 98.3 Å². The summed E-state index contributed by atoms with van der Waals surface area (Å²) >= 11 is 0. The van der Waals surface area contributed by atoms with Crippen LogP contribution in [0.2, 0.25) is 0 Å². The molecule has 0 aliphatic heterocycles. The van der Waals surface area contributed by atoms with E-state index in [0.29, 0.717) is 11.5 Å². The fraction of sp³-hybridized carbons (Fsp3) is 0.0217. The van der Waals surface area contributed by atoms with Crippen LogP contribution in [-0.4, -0.2) is 28.2 Å². The number of aromatic nitrogens is 6. The van der Waals surface area contributed by atoms with Gasteiger partial charge in [-0.1, -0.05) is 237 Å². The fourth-order valence-electron chi connectivity index (χ4n) is 16.1. The first-order chi connectivity index (χ1) is 49.0. The van der Waals surface area contributed by atoms with Crippen molar-refractivity contribution in [3.05, 3.63) is 339 Å². The molecule has 0 aliphatic rings. The summed E-state index contributed by atoms with van der Waals surface area (Å²) in [7, 11) is 0. The van der Waals surface area contributed by atoms with Crippen molar-refractivity contribution in [1.82, 2.24) is 28.2 Å². The number of fused-ring (bicyclic) bond motifs is 13. The molecule has 0 spiro atoms. The van der Waals surface area contributed by atoms with Gasteiger partial charge in [0, 0.05) is 65.6 Å². The predicted octanol–water partition coefficient (Wildman–Crippen LogP) is 24.2. The zero-order valence-corrected chi connectivity index (χ0v) is 54.3. The number of rotatable bonds is 10. The van der Waals surface area contributed by atoms with E-state index in [2.05, 4.69) is 348 Å². The third kappa shape index (κ3) is 8.70. The second-order valence-corrected chi connectivity index (χ2v) is 26.0. The summed E-state index contributed by atoms with van der Waals surface area (Å²) in [6, 6.07) is 120. The Balaban J connectivity index is 1.11. The summed E-state index contributed by atoms with van der Waals surface area (Å²) in [5, 5.41) is 8.93. The van der Waals surface area contributed by atoms with E-state index in [1.807, 2.05) is 12.1 Å². The molecule has 20 rings (SSSR count). The van der Waals surface area contributed by atoms with E-state index in [4.69, 9.17) is 14.4 Å². The number of aryl methyl sites for hydroxylation is 2. The summed E-state index contributed by atoms with van der Waals surface area (Å²) in [6.45, 7) is 4.26. The highest BCUT2D eigenvalue weighted by molar-refractivity contribution is 6.19. The van der Waals surface area contributed by atoms with Gasteiger partial charge in [0.1, 0.15) is 5.52 Å². The zero-order chi connectivity index (χ0) is 65.4. The highest BCUT2D eigenvalue weighted by Gasteiger charge is 2.38. The molecule has 7 heteroatoms. The van der Waals surface area contributed by atoms with Crippen molar-refractivity contribution < 1.29 is 4.42 Å². The third-order valence-electron chi connectivity index (χ3n) is 20.4. The summed E-state index contributed by atoms with van der Waals surface area (Å²) in [6.07, 6.45) is 0. The van der Waals surface area contributed by atoms with Crippen molar-refractivity contribution in [2.75, 3.05) is 0 Å². The summed E-state index contributed by atoms with van der Waals surface area (Å²) in [5.41, 5.74) is 26.8. The van der Waals surface area contributed by atoms with Gasteiger partial charge in [0.2, 0.25) is 5.89 Å². The van der Waals surface area contributed by atoms with Gasteiger partial charge in [-0.15, -0.1) is 0 Å². The molecule has 0 saturated carbocycles. The lowest BCUT2D eigenvalue weighted by atomic mass is 9.90. The lowest BCUT2D eigenvalue weighted by Crippen LogP contribution is -2.17. The van der Waals surface area contributed by atoms with Gasteiger partial charge in [-0.05, 0) is 149 Å². The standard InChI is InChI=1S/C92H60N6O/c1-57-43-48-67(58(2)93-57)86-87(92-94-76-37-19-24-42-85(76)99-92)89(96-78-39-21-16-34-69(78)73-54-64(45-50-82(73)96)60-27-9-4-10-28-60)91(98-80-41-23-18-36-71(80)75-56-66(47-52-84(75)98)62-31-13-6-14-32-62)90(97-79-40-22-17-35-70(79)74-55-65(46-51-83(74)97)61-29-11-5-12-30-61)88(86)95-77-38-20-15-33-68(77)72-53-63(44-49-81(72)95)59-25-7-3-8-26-59/h3-56H,1-2H3. The van der Waals surface area contributed by atoms with E-state index in [0.717, 1.165) is 188 Å². The molecule has 0 N–H and O–H groups in total. The Labute approximate surface area is 570 Å². The van der Waals surface area contributed by atoms with Gasteiger partial charge in [0.05, 0.1) is 72.4 Å². The summed E-state index contributed by atoms with van der Waals surface area (Å²) in [5.74, 6) is 0.469. The molecule has 0 atom stereocenters. The minimum atomic E-state index is 0.469. The highest BCUT2D eigenvalue weighted by Crippen LogP contribution is 2.56. The molecule has 20 aromatic rings. The largest absolute Gasteiger partial charge is 0.436 e. The SMILES string of the molecule is Cc1ccc(-c2c(-c3nc4ccccc4o3)c(-n3c4ccccc4c4cc(-c5ccccc5)ccc43)c(-n3c4ccccc4c4cc(-c5ccccc5)ccc43)c(-n3c4ccccc4c4cc(-c5ccccc5)ccc43)c2-n2c3ccccc3c3cc(-c4ccccc4)ccc32)c(C)n1. The summed E-state index contributed by atoms with van der Waals surface area (Å²) < 4.78 is 17.9. The molecule has 0 radical (unpaired) electrons. The van der Waals surface area contributed by atoms with Crippen LogP contribution >= 0.6 is 0 Å². The number of para-hydroxylation sites is 6. The predicted molar refractivity (Wildman–Crippen MR) is 411 cm³/mol. The Morgan fingerprint density at radius 2 is 0.556 bits per heavy atom. The normalized spacial score (nSPS) is 11.9. The molecular weight excluding hydrogens is 1210 g/mol. The fourth-order valence-corrected chi connectivity index (χ4v) is 16.1. The van der Waals surface area contributed by atoms with Gasteiger partial charge < -0.3 is 22.7 Å². The van der Waals surface area contributed by atoms with Gasteiger partial charge in [-0.2, -0.15) is 0 Å². The maximum Gasteiger partial charge on any atom is 0.230 e. The van der Waals surface area contributed by atoms with E-state index in [1.165, 1.54) is 0 Å². The average molecular weight is 1270 g/mol. The third-order valence-corrected chi connectivity index (χ3v) is 20.4. The van der Waals surface area contributed by atoms with Crippen LogP contribution in [0.5, 0.6) is 0 Å². The van der Waals surface area contributed by atoms with Gasteiger partial charge in [0.15, 0.2) is 5.58 Å². The highest BCUT2D eigenvalue weighted by atomic mass is 16.3. The van der Waals surface area contributed by atoms with E-state index < -0.39 is 0 Å². The second-order valence-electron chi connectivity index (χ2n) is 26.0. The maximum absolute atomic E-state index is 7.60. The first kappa shape index (κ1) is 56.3. The first-order valence-corrected chi connectivity index (χ1v) is 33.9. The monoisotopic (exact) mass is 1260 g/mol. The van der Waals surface area contributed by atoms with E-state index >= 15 is 0 Å². The zero-order valence-electron chi connectivity index (χ0n) is 54.3. The van der Waals surface area contributed by atoms with E-state index in [9.17, 15) is 0 Å². The molecule has 0 saturated heterocycles. The van der Waals surface area contributed by atoms with Crippen molar-refractivity contribution in [3.8, 4) is 89.8 Å². The molecule has 0 aliphatic carbocycles. The lowest BCUT2D eigenvalue weighted by Gasteiger charge is -2.30. The van der Waals surface area contributed by atoms with Gasteiger partial charge >= 0.3 is 0 Å². The molecule has 464 valence electrons. The molecule has 6 heterocycles. The van der Waals surface area contributed by atoms with Crippen molar-refractivity contribution in [3.63, 3.8) is 0 Å². The van der Waals surface area contributed by atoms with Gasteiger partial charge in [0.25, 0.3) is 0 Å². The number of hydrogen-bond acceptors (Lipinski definition) is 3. The molecule has 14 aromatic carbocycles. The number of benzene rings is 14. The van der Waals surface area contributed by atoms with E-state index in [1.54, 1.807) is 0 Å². The molecular formula is C92H60N6O. The van der Waals surface area contributed by atoms with Gasteiger partial charge in [-0.3, -0.25) is 4.98 Å². The Hall–Kier alpha value is -13.1. The Morgan fingerprint density at radius 3 is 0.919 bits per heavy atom. The molecule has 99 heavy (non-hydrogen) atoms. The summed E-state index contributed by atoms with van der Waals surface area (Å²) in [4.78, 5) is 11.3. The van der Waals surface area contributed by atoms with Crippen LogP contribution in [-0.2, 0) is 0 Å². The van der Waals surface area contributed by atoms with Crippen LogP contribution in [0.3, 0.4) is 0 Å².